The van der Waals surface area contributed by atoms with Gasteiger partial charge >= 0.3 is 0 Å². The van der Waals surface area contributed by atoms with Crippen molar-refractivity contribution >= 4 is 38.1 Å². The number of rotatable bonds is 8. The molecular weight excluding hydrogens is 408 g/mol. The van der Waals surface area contributed by atoms with Crippen molar-refractivity contribution in [3.05, 3.63) is 60.2 Å². The molecule has 9 heteroatoms. The summed E-state index contributed by atoms with van der Waals surface area (Å²) in [6.07, 6.45) is 1.73. The van der Waals surface area contributed by atoms with Crippen LogP contribution in [0.5, 0.6) is 0 Å². The van der Waals surface area contributed by atoms with Gasteiger partial charge in [-0.05, 0) is 31.0 Å². The minimum atomic E-state index is -3.44. The van der Waals surface area contributed by atoms with Crippen LogP contribution in [0.1, 0.15) is 18.4 Å². The standard InChI is InChI=1S/C20H22N4O3S2/c1-15-8-6-11-17(14-15)24(29(2,26)27)13-7-12-18(25)21-20-23-22-19(28-20)16-9-4-3-5-10-16/h3-6,8-11,14H,7,12-13H2,1-2H3,(H,21,23,25). The third kappa shape index (κ3) is 5.85. The van der Waals surface area contributed by atoms with Crippen LogP contribution in [0.3, 0.4) is 0 Å². The summed E-state index contributed by atoms with van der Waals surface area (Å²) in [5, 5.41) is 12.0. The van der Waals surface area contributed by atoms with E-state index in [0.29, 0.717) is 17.2 Å². The molecule has 0 bridgehead atoms. The SMILES string of the molecule is Cc1cccc(N(CCCC(=O)Nc2nnc(-c3ccccc3)s2)S(C)(=O)=O)c1. The smallest absolute Gasteiger partial charge is 0.232 e. The number of nitrogens with one attached hydrogen (secondary N) is 1. The van der Waals surface area contributed by atoms with Gasteiger partial charge in [0.25, 0.3) is 0 Å². The molecule has 3 rings (SSSR count). The zero-order valence-electron chi connectivity index (χ0n) is 16.2. The Bertz CT molecular complexity index is 1080. The van der Waals surface area contributed by atoms with Crippen molar-refractivity contribution in [2.45, 2.75) is 19.8 Å². The Hall–Kier alpha value is -2.78. The fourth-order valence-electron chi connectivity index (χ4n) is 2.81. The topological polar surface area (TPSA) is 92.3 Å². The quantitative estimate of drug-likeness (QED) is 0.588. The number of benzene rings is 2. The van der Waals surface area contributed by atoms with E-state index in [2.05, 4.69) is 15.5 Å². The predicted octanol–water partition coefficient (Wildman–Crippen LogP) is 3.70. The molecule has 0 aliphatic rings. The fourth-order valence-corrected chi connectivity index (χ4v) is 4.53. The third-order valence-electron chi connectivity index (χ3n) is 4.15. The van der Waals surface area contributed by atoms with E-state index >= 15 is 0 Å². The van der Waals surface area contributed by atoms with Crippen molar-refractivity contribution in [2.75, 3.05) is 22.4 Å². The first-order valence-corrected chi connectivity index (χ1v) is 11.7. The van der Waals surface area contributed by atoms with Gasteiger partial charge in [0, 0.05) is 18.5 Å². The first-order chi connectivity index (χ1) is 13.8. The number of nitrogens with zero attached hydrogens (tertiary/aromatic N) is 3. The number of anilines is 2. The molecule has 0 aliphatic heterocycles. The summed E-state index contributed by atoms with van der Waals surface area (Å²) in [7, 11) is -3.44. The number of hydrogen-bond donors (Lipinski definition) is 1. The van der Waals surface area contributed by atoms with Crippen LogP contribution in [0.15, 0.2) is 54.6 Å². The number of aryl methyl sites for hydroxylation is 1. The van der Waals surface area contributed by atoms with Gasteiger partial charge in [0.2, 0.25) is 21.1 Å². The Morgan fingerprint density at radius 1 is 1.10 bits per heavy atom. The highest BCUT2D eigenvalue weighted by Gasteiger charge is 2.18. The second kappa shape index (κ2) is 9.15. The maximum absolute atomic E-state index is 12.2. The molecule has 152 valence electrons. The summed E-state index contributed by atoms with van der Waals surface area (Å²) >= 11 is 1.30. The zero-order valence-corrected chi connectivity index (χ0v) is 17.8. The number of aromatic nitrogens is 2. The molecule has 0 spiro atoms. The molecule has 0 unspecified atom stereocenters. The van der Waals surface area contributed by atoms with Gasteiger partial charge in [0.05, 0.1) is 11.9 Å². The van der Waals surface area contributed by atoms with E-state index in [9.17, 15) is 13.2 Å². The summed E-state index contributed by atoms with van der Waals surface area (Å²) in [4.78, 5) is 12.2. The minimum Gasteiger partial charge on any atom is -0.301 e. The number of amides is 1. The number of carbonyl (C=O) groups excluding carboxylic acids is 1. The van der Waals surface area contributed by atoms with Crippen LogP contribution in [0.2, 0.25) is 0 Å². The highest BCUT2D eigenvalue weighted by molar-refractivity contribution is 7.92. The van der Waals surface area contributed by atoms with Crippen molar-refractivity contribution in [3.8, 4) is 10.6 Å². The molecule has 1 heterocycles. The van der Waals surface area contributed by atoms with E-state index in [-0.39, 0.29) is 18.9 Å². The fraction of sp³-hybridized carbons (Fsp3) is 0.250. The van der Waals surface area contributed by atoms with Crippen LogP contribution in [0.4, 0.5) is 10.8 Å². The molecule has 0 fully saturated rings. The summed E-state index contributed by atoms with van der Waals surface area (Å²) in [5.41, 5.74) is 2.51. The monoisotopic (exact) mass is 430 g/mol. The molecule has 0 aliphatic carbocycles. The number of hydrogen-bond acceptors (Lipinski definition) is 6. The molecule has 1 amide bonds. The first kappa shape index (κ1) is 20.9. The van der Waals surface area contributed by atoms with E-state index in [1.165, 1.54) is 21.9 Å². The average molecular weight is 431 g/mol. The van der Waals surface area contributed by atoms with Crippen LogP contribution in [0, 0.1) is 6.92 Å². The predicted molar refractivity (Wildman–Crippen MR) is 117 cm³/mol. The van der Waals surface area contributed by atoms with Crippen molar-refractivity contribution in [2.24, 2.45) is 0 Å². The highest BCUT2D eigenvalue weighted by Crippen LogP contribution is 2.26. The molecule has 0 saturated heterocycles. The summed E-state index contributed by atoms with van der Waals surface area (Å²) in [6.45, 7) is 2.13. The van der Waals surface area contributed by atoms with Gasteiger partial charge in [-0.1, -0.05) is 53.8 Å². The molecular formula is C20H22N4O3S2. The van der Waals surface area contributed by atoms with Gasteiger partial charge < -0.3 is 5.32 Å². The van der Waals surface area contributed by atoms with Crippen LogP contribution in [-0.4, -0.2) is 37.3 Å². The van der Waals surface area contributed by atoms with Crippen LogP contribution >= 0.6 is 11.3 Å². The molecule has 29 heavy (non-hydrogen) atoms. The van der Waals surface area contributed by atoms with Crippen molar-refractivity contribution < 1.29 is 13.2 Å². The van der Waals surface area contributed by atoms with Gasteiger partial charge in [-0.3, -0.25) is 9.10 Å². The first-order valence-electron chi connectivity index (χ1n) is 9.06. The van der Waals surface area contributed by atoms with E-state index in [1.54, 1.807) is 6.07 Å². The van der Waals surface area contributed by atoms with Crippen molar-refractivity contribution in [1.29, 1.82) is 0 Å². The summed E-state index contributed by atoms with van der Waals surface area (Å²) in [6, 6.07) is 16.9. The van der Waals surface area contributed by atoms with Crippen LogP contribution < -0.4 is 9.62 Å². The van der Waals surface area contributed by atoms with Gasteiger partial charge in [0.1, 0.15) is 5.01 Å². The van der Waals surface area contributed by atoms with E-state index < -0.39 is 10.0 Å². The lowest BCUT2D eigenvalue weighted by Gasteiger charge is -2.22. The Morgan fingerprint density at radius 2 is 1.86 bits per heavy atom. The van der Waals surface area contributed by atoms with E-state index in [1.807, 2.05) is 55.5 Å². The van der Waals surface area contributed by atoms with E-state index in [4.69, 9.17) is 0 Å². The molecule has 0 saturated carbocycles. The molecule has 3 aromatic rings. The molecule has 7 nitrogen and oxygen atoms in total. The maximum atomic E-state index is 12.2. The number of carbonyl (C=O) groups is 1. The lowest BCUT2D eigenvalue weighted by molar-refractivity contribution is -0.116. The zero-order chi connectivity index (χ0) is 20.9. The normalized spacial score (nSPS) is 11.2. The largest absolute Gasteiger partial charge is 0.301 e. The molecule has 0 atom stereocenters. The highest BCUT2D eigenvalue weighted by atomic mass is 32.2. The Kier molecular flexibility index (Phi) is 6.60. The Balaban J connectivity index is 1.57. The summed E-state index contributed by atoms with van der Waals surface area (Å²) < 4.78 is 25.6. The summed E-state index contributed by atoms with van der Waals surface area (Å²) in [5.74, 6) is -0.224. The van der Waals surface area contributed by atoms with Gasteiger partial charge in [0.15, 0.2) is 0 Å². The molecule has 1 aromatic heterocycles. The maximum Gasteiger partial charge on any atom is 0.232 e. The van der Waals surface area contributed by atoms with Crippen molar-refractivity contribution in [1.82, 2.24) is 10.2 Å². The number of sulfonamides is 1. The second-order valence-electron chi connectivity index (χ2n) is 6.60. The third-order valence-corrected chi connectivity index (χ3v) is 6.23. The van der Waals surface area contributed by atoms with E-state index in [0.717, 1.165) is 16.1 Å². The van der Waals surface area contributed by atoms with Crippen molar-refractivity contribution in [3.63, 3.8) is 0 Å². The lowest BCUT2D eigenvalue weighted by atomic mass is 10.2. The van der Waals surface area contributed by atoms with Gasteiger partial charge in [-0.15, -0.1) is 10.2 Å². The van der Waals surface area contributed by atoms with Crippen LogP contribution in [-0.2, 0) is 14.8 Å². The molecule has 2 aromatic carbocycles. The Labute approximate surface area is 174 Å². The Morgan fingerprint density at radius 3 is 2.55 bits per heavy atom. The van der Waals surface area contributed by atoms with Crippen LogP contribution in [0.25, 0.3) is 10.6 Å². The average Bonchev–Trinajstić information content (AvgIpc) is 3.13. The molecule has 0 radical (unpaired) electrons. The van der Waals surface area contributed by atoms with Gasteiger partial charge in [-0.2, -0.15) is 0 Å². The van der Waals surface area contributed by atoms with Gasteiger partial charge in [-0.25, -0.2) is 8.42 Å². The minimum absolute atomic E-state index is 0.179. The second-order valence-corrected chi connectivity index (χ2v) is 9.49. The lowest BCUT2D eigenvalue weighted by Crippen LogP contribution is -2.31. The molecule has 1 N–H and O–H groups in total.